The zero-order valence-corrected chi connectivity index (χ0v) is 16.4. The number of likely N-dealkylation sites (tertiary alicyclic amines) is 1. The maximum Gasteiger partial charge on any atom is 0.228 e. The molecule has 1 aliphatic rings. The Balaban J connectivity index is 1.58. The summed E-state index contributed by atoms with van der Waals surface area (Å²) in [6, 6.07) is 4.72. The van der Waals surface area contributed by atoms with Gasteiger partial charge in [-0.25, -0.2) is 0 Å². The smallest absolute Gasteiger partial charge is 0.228 e. The van der Waals surface area contributed by atoms with Crippen LogP contribution in [0.15, 0.2) is 27.0 Å². The SMILES string of the molecule is CCNC(=NCC(c1cccs1)N1CCCC1)NCCc1nc(C)no1. The molecule has 0 bridgehead atoms. The fourth-order valence-corrected chi connectivity index (χ4v) is 4.02. The van der Waals surface area contributed by atoms with Crippen LogP contribution in [0.2, 0.25) is 0 Å². The summed E-state index contributed by atoms with van der Waals surface area (Å²) in [7, 11) is 0. The first kappa shape index (κ1) is 18.8. The fourth-order valence-electron chi connectivity index (χ4n) is 3.17. The number of rotatable bonds is 8. The Labute approximate surface area is 158 Å². The minimum atomic E-state index is 0.367. The predicted octanol–water partition coefficient (Wildman–Crippen LogP) is 2.37. The molecule has 0 amide bonds. The van der Waals surface area contributed by atoms with Gasteiger partial charge < -0.3 is 15.2 Å². The molecular weight excluding hydrogens is 348 g/mol. The van der Waals surface area contributed by atoms with Gasteiger partial charge in [0, 0.05) is 24.4 Å². The maximum atomic E-state index is 5.15. The molecule has 1 unspecified atom stereocenters. The van der Waals surface area contributed by atoms with Crippen molar-refractivity contribution in [2.45, 2.75) is 39.2 Å². The second-order valence-electron chi connectivity index (χ2n) is 6.41. The molecule has 1 atom stereocenters. The van der Waals surface area contributed by atoms with Gasteiger partial charge in [-0.15, -0.1) is 11.3 Å². The van der Waals surface area contributed by atoms with E-state index in [4.69, 9.17) is 9.52 Å². The molecule has 0 saturated carbocycles. The van der Waals surface area contributed by atoms with Gasteiger partial charge >= 0.3 is 0 Å². The van der Waals surface area contributed by atoms with Crippen molar-refractivity contribution in [2.24, 2.45) is 4.99 Å². The van der Waals surface area contributed by atoms with Crippen LogP contribution < -0.4 is 10.6 Å². The van der Waals surface area contributed by atoms with Crippen molar-refractivity contribution in [3.8, 4) is 0 Å². The summed E-state index contributed by atoms with van der Waals surface area (Å²) in [5, 5.41) is 12.7. The van der Waals surface area contributed by atoms with Gasteiger partial charge in [0.05, 0.1) is 12.6 Å². The van der Waals surface area contributed by atoms with E-state index in [1.165, 1.54) is 30.8 Å². The Hall–Kier alpha value is -1.93. The van der Waals surface area contributed by atoms with Crippen molar-refractivity contribution in [1.82, 2.24) is 25.7 Å². The molecule has 26 heavy (non-hydrogen) atoms. The molecule has 2 N–H and O–H groups in total. The van der Waals surface area contributed by atoms with Gasteiger partial charge in [0.15, 0.2) is 11.8 Å². The number of hydrogen-bond acceptors (Lipinski definition) is 6. The standard InChI is InChI=1S/C18H28N6OS/c1-3-19-18(20-9-8-17-22-14(2)23-25-17)21-13-15(16-7-6-12-26-16)24-10-4-5-11-24/h6-7,12,15H,3-5,8-11,13H2,1-2H3,(H2,19,20,21). The topological polar surface area (TPSA) is 78.6 Å². The second-order valence-corrected chi connectivity index (χ2v) is 7.39. The Morgan fingerprint density at radius 1 is 1.38 bits per heavy atom. The highest BCUT2D eigenvalue weighted by molar-refractivity contribution is 7.10. The van der Waals surface area contributed by atoms with Gasteiger partial charge in [0.1, 0.15) is 0 Å². The first-order valence-electron chi connectivity index (χ1n) is 9.35. The maximum absolute atomic E-state index is 5.15. The average Bonchev–Trinajstić information content (AvgIpc) is 3.38. The van der Waals surface area contributed by atoms with Gasteiger partial charge in [-0.05, 0) is 51.2 Å². The van der Waals surface area contributed by atoms with Crippen molar-refractivity contribution in [3.63, 3.8) is 0 Å². The highest BCUT2D eigenvalue weighted by atomic mass is 32.1. The van der Waals surface area contributed by atoms with Crippen LogP contribution in [0, 0.1) is 6.92 Å². The summed E-state index contributed by atoms with van der Waals surface area (Å²) in [6.07, 6.45) is 3.26. The number of aromatic nitrogens is 2. The fraction of sp³-hybridized carbons (Fsp3) is 0.611. The average molecular weight is 377 g/mol. The molecule has 0 aromatic carbocycles. The number of aryl methyl sites for hydroxylation is 1. The van der Waals surface area contributed by atoms with Crippen LogP contribution >= 0.6 is 11.3 Å². The monoisotopic (exact) mass is 376 g/mol. The lowest BCUT2D eigenvalue weighted by molar-refractivity contribution is 0.255. The van der Waals surface area contributed by atoms with Gasteiger partial charge in [0.2, 0.25) is 5.89 Å². The number of guanidine groups is 1. The van der Waals surface area contributed by atoms with Gasteiger partial charge in [-0.3, -0.25) is 9.89 Å². The van der Waals surface area contributed by atoms with Crippen LogP contribution in [0.3, 0.4) is 0 Å². The minimum absolute atomic E-state index is 0.367. The third kappa shape index (κ3) is 5.28. The molecular formula is C18H28N6OS. The molecule has 0 radical (unpaired) electrons. The highest BCUT2D eigenvalue weighted by Crippen LogP contribution is 2.28. The van der Waals surface area contributed by atoms with E-state index in [1.54, 1.807) is 0 Å². The Bertz CT molecular complexity index is 678. The molecule has 2 aromatic rings. The van der Waals surface area contributed by atoms with Crippen LogP contribution in [-0.2, 0) is 6.42 Å². The third-order valence-corrected chi connectivity index (χ3v) is 5.39. The third-order valence-electron chi connectivity index (χ3n) is 4.42. The van der Waals surface area contributed by atoms with Crippen LogP contribution in [0.5, 0.6) is 0 Å². The summed E-state index contributed by atoms with van der Waals surface area (Å²) in [5.74, 6) is 2.16. The van der Waals surface area contributed by atoms with E-state index in [9.17, 15) is 0 Å². The Kier molecular flexibility index (Phi) is 7.02. The first-order chi connectivity index (χ1) is 12.8. The van der Waals surface area contributed by atoms with Gasteiger partial charge in [0.25, 0.3) is 0 Å². The van der Waals surface area contributed by atoms with Crippen LogP contribution in [0.1, 0.15) is 42.4 Å². The van der Waals surface area contributed by atoms with E-state index in [0.29, 0.717) is 30.7 Å². The number of thiophene rings is 1. The summed E-state index contributed by atoms with van der Waals surface area (Å²) in [4.78, 5) is 13.0. The molecule has 8 heteroatoms. The van der Waals surface area contributed by atoms with E-state index in [1.807, 2.05) is 18.3 Å². The lowest BCUT2D eigenvalue weighted by atomic mass is 10.2. The van der Waals surface area contributed by atoms with Crippen molar-refractivity contribution in [3.05, 3.63) is 34.1 Å². The predicted molar refractivity (Wildman–Crippen MR) is 105 cm³/mol. The van der Waals surface area contributed by atoms with Crippen molar-refractivity contribution in [1.29, 1.82) is 0 Å². The quantitative estimate of drug-likeness (QED) is 0.544. The number of nitrogens with zero attached hydrogens (tertiary/aromatic N) is 4. The van der Waals surface area contributed by atoms with Crippen molar-refractivity contribution >= 4 is 17.3 Å². The molecule has 0 aliphatic carbocycles. The lowest BCUT2D eigenvalue weighted by Gasteiger charge is -2.25. The first-order valence-corrected chi connectivity index (χ1v) is 10.2. The van der Waals surface area contributed by atoms with Crippen molar-refractivity contribution < 1.29 is 4.52 Å². The van der Waals surface area contributed by atoms with E-state index in [2.05, 4.69) is 50.1 Å². The van der Waals surface area contributed by atoms with E-state index >= 15 is 0 Å². The van der Waals surface area contributed by atoms with Crippen LogP contribution in [-0.4, -0.2) is 53.7 Å². The number of nitrogens with one attached hydrogen (secondary N) is 2. The molecule has 2 aromatic heterocycles. The van der Waals surface area contributed by atoms with Gasteiger partial charge in [-0.1, -0.05) is 11.2 Å². The number of aliphatic imine (C=N–C) groups is 1. The van der Waals surface area contributed by atoms with Crippen LogP contribution in [0.25, 0.3) is 0 Å². The van der Waals surface area contributed by atoms with E-state index in [0.717, 1.165) is 19.0 Å². The second kappa shape index (κ2) is 9.68. The molecule has 1 saturated heterocycles. The highest BCUT2D eigenvalue weighted by Gasteiger charge is 2.24. The van der Waals surface area contributed by atoms with E-state index < -0.39 is 0 Å². The normalized spacial score (nSPS) is 16.8. The molecule has 3 heterocycles. The largest absolute Gasteiger partial charge is 0.357 e. The summed E-state index contributed by atoms with van der Waals surface area (Å²) in [5.41, 5.74) is 0. The molecule has 7 nitrogen and oxygen atoms in total. The van der Waals surface area contributed by atoms with E-state index in [-0.39, 0.29) is 0 Å². The van der Waals surface area contributed by atoms with Gasteiger partial charge in [-0.2, -0.15) is 4.98 Å². The van der Waals surface area contributed by atoms with Crippen LogP contribution in [0.4, 0.5) is 0 Å². The summed E-state index contributed by atoms with van der Waals surface area (Å²) >= 11 is 1.82. The minimum Gasteiger partial charge on any atom is -0.357 e. The number of hydrogen-bond donors (Lipinski definition) is 2. The molecule has 142 valence electrons. The summed E-state index contributed by atoms with van der Waals surface area (Å²) in [6.45, 7) is 8.54. The molecule has 1 aliphatic heterocycles. The zero-order chi connectivity index (χ0) is 18.2. The molecule has 0 spiro atoms. The molecule has 3 rings (SSSR count). The Morgan fingerprint density at radius 2 is 2.23 bits per heavy atom. The lowest BCUT2D eigenvalue weighted by Crippen LogP contribution is -2.39. The zero-order valence-electron chi connectivity index (χ0n) is 15.6. The Morgan fingerprint density at radius 3 is 2.88 bits per heavy atom. The summed E-state index contributed by atoms with van der Waals surface area (Å²) < 4.78 is 5.15. The molecule has 1 fully saturated rings. The van der Waals surface area contributed by atoms with Crippen molar-refractivity contribution in [2.75, 3.05) is 32.7 Å².